The van der Waals surface area contributed by atoms with Crippen LogP contribution in [0.1, 0.15) is 62.3 Å². The fourth-order valence-corrected chi connectivity index (χ4v) is 2.89. The van der Waals surface area contributed by atoms with Crippen LogP contribution in [0.25, 0.3) is 0 Å². The summed E-state index contributed by atoms with van der Waals surface area (Å²) >= 11 is 0. The number of nitrogens with zero attached hydrogens (tertiary/aromatic N) is 2. The van der Waals surface area contributed by atoms with E-state index < -0.39 is 23.1 Å². The minimum absolute atomic E-state index is 0.127. The lowest BCUT2D eigenvalue weighted by molar-refractivity contribution is -0.203. The van der Waals surface area contributed by atoms with Crippen molar-refractivity contribution in [2.45, 2.75) is 73.9 Å². The van der Waals surface area contributed by atoms with Crippen LogP contribution in [0, 0.1) is 10.8 Å². The first-order valence-electron chi connectivity index (χ1n) is 7.97. The van der Waals surface area contributed by atoms with Crippen molar-refractivity contribution >= 4 is 12.2 Å². The maximum Gasteiger partial charge on any atom is 0.424 e. The fourth-order valence-electron chi connectivity index (χ4n) is 2.89. The van der Waals surface area contributed by atoms with Gasteiger partial charge in [0.05, 0.1) is 6.04 Å². The molecule has 1 aliphatic heterocycles. The van der Waals surface area contributed by atoms with Crippen LogP contribution in [-0.2, 0) is 4.84 Å². The van der Waals surface area contributed by atoms with Crippen LogP contribution in [0.15, 0.2) is 11.5 Å². The zero-order valence-electron chi connectivity index (χ0n) is 16.1. The van der Waals surface area contributed by atoms with Crippen LogP contribution in [0.3, 0.4) is 0 Å². The first-order valence-corrected chi connectivity index (χ1v) is 7.97. The summed E-state index contributed by atoms with van der Waals surface area (Å²) in [6.45, 7) is 17.7. The number of carbonyl (C=O) groups is 2. The molecule has 1 rings (SSSR count). The minimum Gasteiger partial charge on any atom is -0.464 e. The molecule has 1 heterocycles. The third-order valence-corrected chi connectivity index (χ3v) is 3.80. The van der Waals surface area contributed by atoms with Crippen molar-refractivity contribution in [1.82, 2.24) is 9.96 Å². The van der Waals surface area contributed by atoms with Crippen molar-refractivity contribution < 1.29 is 24.6 Å². The summed E-state index contributed by atoms with van der Waals surface area (Å²) in [5.41, 5.74) is -0.551. The van der Waals surface area contributed by atoms with Gasteiger partial charge in [0.2, 0.25) is 5.88 Å². The molecule has 0 aliphatic carbocycles. The van der Waals surface area contributed by atoms with E-state index in [1.807, 2.05) is 62.3 Å². The molecule has 2 N–H and O–H groups in total. The summed E-state index contributed by atoms with van der Waals surface area (Å²) in [4.78, 5) is 29.2. The lowest BCUT2D eigenvalue weighted by atomic mass is 9.72. The highest BCUT2D eigenvalue weighted by Gasteiger charge is 2.53. The van der Waals surface area contributed by atoms with E-state index in [0.29, 0.717) is 5.57 Å². The fraction of sp³-hybridized carbons (Fsp3) is 0.765. The molecule has 7 heteroatoms. The van der Waals surface area contributed by atoms with Crippen molar-refractivity contribution in [2.75, 3.05) is 0 Å². The predicted molar refractivity (Wildman–Crippen MR) is 90.3 cm³/mol. The lowest BCUT2D eigenvalue weighted by Crippen LogP contribution is -2.51. The van der Waals surface area contributed by atoms with E-state index in [1.165, 1.54) is 0 Å². The first-order chi connectivity index (χ1) is 10.5. The monoisotopic (exact) mass is 342 g/mol. The molecular weight excluding hydrogens is 312 g/mol. The summed E-state index contributed by atoms with van der Waals surface area (Å²) in [6.07, 6.45) is -3.16. The zero-order valence-corrected chi connectivity index (χ0v) is 16.1. The first kappa shape index (κ1) is 20.3. The van der Waals surface area contributed by atoms with E-state index in [1.54, 1.807) is 5.06 Å². The highest BCUT2D eigenvalue weighted by atomic mass is 16.7. The second kappa shape index (κ2) is 5.95. The molecule has 0 spiro atoms. The van der Waals surface area contributed by atoms with E-state index in [9.17, 15) is 19.8 Å². The summed E-state index contributed by atoms with van der Waals surface area (Å²) in [5.74, 6) is -0.127. The smallest absolute Gasteiger partial charge is 0.424 e. The van der Waals surface area contributed by atoms with Gasteiger partial charge < -0.3 is 15.1 Å². The average molecular weight is 342 g/mol. The Kier molecular flexibility index (Phi) is 5.03. The van der Waals surface area contributed by atoms with Gasteiger partial charge in [-0.2, -0.15) is 0 Å². The van der Waals surface area contributed by atoms with Crippen LogP contribution < -0.4 is 0 Å². The van der Waals surface area contributed by atoms with Crippen LogP contribution in [0.2, 0.25) is 0 Å². The summed E-state index contributed by atoms with van der Waals surface area (Å²) in [5, 5.41) is 20.5. The Hall–Kier alpha value is -1.76. The van der Waals surface area contributed by atoms with E-state index >= 15 is 0 Å². The quantitative estimate of drug-likeness (QED) is 0.735. The van der Waals surface area contributed by atoms with E-state index in [-0.39, 0.29) is 22.2 Å². The molecule has 1 aliphatic rings. The predicted octanol–water partition coefficient (Wildman–Crippen LogP) is 4.36. The zero-order chi connectivity index (χ0) is 19.2. The Balaban J connectivity index is 3.72. The number of hydroxylamine groups is 2. The molecule has 138 valence electrons. The van der Waals surface area contributed by atoms with Gasteiger partial charge in [-0.1, -0.05) is 41.5 Å². The Morgan fingerprint density at radius 3 is 1.62 bits per heavy atom. The van der Waals surface area contributed by atoms with Gasteiger partial charge in [0.25, 0.3) is 0 Å². The normalized spacial score (nSPS) is 20.1. The van der Waals surface area contributed by atoms with Gasteiger partial charge in [-0.15, -0.1) is 9.96 Å². The maximum absolute atomic E-state index is 11.5. The molecule has 0 saturated heterocycles. The van der Waals surface area contributed by atoms with Crippen LogP contribution in [0.4, 0.5) is 9.59 Å². The molecule has 24 heavy (non-hydrogen) atoms. The highest BCUT2D eigenvalue weighted by Crippen LogP contribution is 2.48. The molecule has 0 bridgehead atoms. The molecule has 0 fully saturated rings. The van der Waals surface area contributed by atoms with Gasteiger partial charge in [0.1, 0.15) is 0 Å². The second-order valence-electron chi connectivity index (χ2n) is 9.23. The SMILES string of the molecule is CC(C)(C)C1=C(N(C(=O)O)C(=O)O)ON(C(C)(C)C)C1C(C)(C)C. The molecule has 1 unspecified atom stereocenters. The second-order valence-corrected chi connectivity index (χ2v) is 9.23. The number of rotatable bonds is 1. The van der Waals surface area contributed by atoms with Gasteiger partial charge in [0.15, 0.2) is 0 Å². The molecule has 2 amide bonds. The summed E-state index contributed by atoms with van der Waals surface area (Å²) in [6, 6.07) is -0.270. The average Bonchev–Trinajstić information content (AvgIpc) is 2.66. The molecule has 7 nitrogen and oxygen atoms in total. The van der Waals surface area contributed by atoms with Gasteiger partial charge in [-0.3, -0.25) is 0 Å². The topological polar surface area (TPSA) is 90.3 Å². The molecular formula is C17H30N2O5. The molecule has 0 saturated carbocycles. The minimum atomic E-state index is -1.58. The standard InChI is InChI=1S/C17H30N2O5/c1-15(2,3)10-11(16(4,5)6)19(17(7,8)9)24-12(10)18(13(20)21)14(22)23/h11H,1-9H3,(H,20,21)(H,22,23). The van der Waals surface area contributed by atoms with Crippen molar-refractivity contribution in [3.63, 3.8) is 0 Å². The van der Waals surface area contributed by atoms with Crippen LogP contribution >= 0.6 is 0 Å². The van der Waals surface area contributed by atoms with Crippen molar-refractivity contribution in [3.05, 3.63) is 11.5 Å². The number of hydrogen-bond donors (Lipinski definition) is 2. The molecule has 0 aromatic rings. The lowest BCUT2D eigenvalue weighted by Gasteiger charge is -2.43. The van der Waals surface area contributed by atoms with Crippen LogP contribution in [-0.4, -0.2) is 43.9 Å². The molecule has 0 aromatic carbocycles. The van der Waals surface area contributed by atoms with Gasteiger partial charge >= 0.3 is 12.2 Å². The van der Waals surface area contributed by atoms with E-state index in [0.717, 1.165) is 0 Å². The van der Waals surface area contributed by atoms with Crippen molar-refractivity contribution in [3.8, 4) is 0 Å². The van der Waals surface area contributed by atoms with Gasteiger partial charge in [0, 0.05) is 11.1 Å². The van der Waals surface area contributed by atoms with Gasteiger partial charge in [-0.05, 0) is 31.6 Å². The maximum atomic E-state index is 11.5. The largest absolute Gasteiger partial charge is 0.464 e. The molecule has 1 atom stereocenters. The van der Waals surface area contributed by atoms with E-state index in [4.69, 9.17) is 4.84 Å². The number of hydrogen-bond acceptors (Lipinski definition) is 4. The highest BCUT2D eigenvalue weighted by molar-refractivity contribution is 5.88. The van der Waals surface area contributed by atoms with Crippen LogP contribution in [0.5, 0.6) is 0 Å². The Morgan fingerprint density at radius 2 is 1.38 bits per heavy atom. The number of carboxylic acid groups (broad SMARTS) is 2. The third-order valence-electron chi connectivity index (χ3n) is 3.80. The molecule has 0 aromatic heterocycles. The number of imide groups is 1. The third kappa shape index (κ3) is 3.83. The van der Waals surface area contributed by atoms with Crippen molar-refractivity contribution in [2.24, 2.45) is 10.8 Å². The number of amides is 2. The Morgan fingerprint density at radius 1 is 0.958 bits per heavy atom. The Bertz CT molecular complexity index is 547. The van der Waals surface area contributed by atoms with E-state index in [2.05, 4.69) is 0 Å². The summed E-state index contributed by atoms with van der Waals surface area (Å²) in [7, 11) is 0. The Labute approximate surface area is 143 Å². The van der Waals surface area contributed by atoms with Gasteiger partial charge in [-0.25, -0.2) is 9.59 Å². The summed E-state index contributed by atoms with van der Waals surface area (Å²) < 4.78 is 0. The van der Waals surface area contributed by atoms with Crippen molar-refractivity contribution in [1.29, 1.82) is 0 Å². The molecule has 0 radical (unpaired) electrons.